The van der Waals surface area contributed by atoms with Crippen LogP contribution in [0, 0.1) is 0 Å². The number of benzene rings is 1. The van der Waals surface area contributed by atoms with Crippen LogP contribution in [0.2, 0.25) is 0 Å². The van der Waals surface area contributed by atoms with E-state index in [-0.39, 0.29) is 17.5 Å². The Kier molecular flexibility index (Phi) is 4.65. The molecular formula is C20H19N5O2. The number of aromatic amines is 1. The zero-order chi connectivity index (χ0) is 18.6. The van der Waals surface area contributed by atoms with Crippen LogP contribution < -0.4 is 15.8 Å². The molecule has 136 valence electrons. The van der Waals surface area contributed by atoms with E-state index in [0.717, 1.165) is 24.2 Å². The molecule has 0 bridgehead atoms. The van der Waals surface area contributed by atoms with Crippen LogP contribution in [0.15, 0.2) is 65.7 Å². The van der Waals surface area contributed by atoms with Crippen molar-refractivity contribution in [3.63, 3.8) is 0 Å². The molecule has 2 aromatic heterocycles. The third-order valence-electron chi connectivity index (χ3n) is 4.56. The third kappa shape index (κ3) is 3.87. The number of hydrogen-bond donors (Lipinski definition) is 2. The highest BCUT2D eigenvalue weighted by Gasteiger charge is 2.26. The summed E-state index contributed by atoms with van der Waals surface area (Å²) < 4.78 is 0. The monoisotopic (exact) mass is 361 g/mol. The van der Waals surface area contributed by atoms with E-state index >= 15 is 0 Å². The van der Waals surface area contributed by atoms with Gasteiger partial charge in [0.15, 0.2) is 0 Å². The van der Waals surface area contributed by atoms with E-state index in [1.54, 1.807) is 12.3 Å². The Morgan fingerprint density at radius 2 is 2.04 bits per heavy atom. The van der Waals surface area contributed by atoms with Gasteiger partial charge in [-0.2, -0.15) is 0 Å². The number of aromatic nitrogens is 3. The van der Waals surface area contributed by atoms with E-state index in [2.05, 4.69) is 25.2 Å². The molecule has 1 aliphatic rings. The predicted molar refractivity (Wildman–Crippen MR) is 103 cm³/mol. The van der Waals surface area contributed by atoms with E-state index in [4.69, 9.17) is 0 Å². The maximum atomic E-state index is 12.3. The van der Waals surface area contributed by atoms with Crippen LogP contribution in [0.25, 0.3) is 11.3 Å². The summed E-state index contributed by atoms with van der Waals surface area (Å²) >= 11 is 0. The van der Waals surface area contributed by atoms with Crippen molar-refractivity contribution in [3.05, 3.63) is 76.8 Å². The number of nitrogens with zero attached hydrogens (tertiary/aromatic N) is 3. The second-order valence-electron chi connectivity index (χ2n) is 6.45. The Balaban J connectivity index is 1.44. The molecule has 2 N–H and O–H groups in total. The zero-order valence-electron chi connectivity index (χ0n) is 14.6. The average molecular weight is 361 g/mol. The number of nitrogens with one attached hydrogen (secondary N) is 2. The van der Waals surface area contributed by atoms with Crippen LogP contribution in [0.5, 0.6) is 0 Å². The van der Waals surface area contributed by atoms with Crippen molar-refractivity contribution in [2.24, 2.45) is 0 Å². The minimum absolute atomic E-state index is 0.0132. The quantitative estimate of drug-likeness (QED) is 0.740. The fourth-order valence-corrected chi connectivity index (χ4v) is 3.18. The molecule has 3 aromatic rings. The minimum Gasteiger partial charge on any atom is -0.347 e. The van der Waals surface area contributed by atoms with Crippen molar-refractivity contribution in [2.75, 3.05) is 18.0 Å². The van der Waals surface area contributed by atoms with Gasteiger partial charge in [0, 0.05) is 48.7 Å². The summed E-state index contributed by atoms with van der Waals surface area (Å²) in [7, 11) is 0. The Morgan fingerprint density at radius 3 is 2.85 bits per heavy atom. The molecule has 1 atom stereocenters. The van der Waals surface area contributed by atoms with Crippen LogP contribution in [-0.2, 0) is 0 Å². The lowest BCUT2D eigenvalue weighted by Crippen LogP contribution is -2.37. The molecule has 4 rings (SSSR count). The first kappa shape index (κ1) is 17.0. The maximum absolute atomic E-state index is 12.3. The number of anilines is 1. The molecule has 1 aliphatic heterocycles. The lowest BCUT2D eigenvalue weighted by atomic mass is 10.1. The van der Waals surface area contributed by atoms with Gasteiger partial charge in [0.1, 0.15) is 0 Å². The van der Waals surface area contributed by atoms with Crippen molar-refractivity contribution in [3.8, 4) is 11.3 Å². The van der Waals surface area contributed by atoms with Crippen molar-refractivity contribution >= 4 is 11.9 Å². The summed E-state index contributed by atoms with van der Waals surface area (Å²) in [5, 5.41) is 2.98. The fraction of sp³-hybridized carbons (Fsp3) is 0.200. The summed E-state index contributed by atoms with van der Waals surface area (Å²) in [6, 6.07) is 14.7. The molecule has 1 aromatic carbocycles. The van der Waals surface area contributed by atoms with Crippen LogP contribution in [0.4, 0.5) is 5.95 Å². The van der Waals surface area contributed by atoms with Gasteiger partial charge >= 0.3 is 0 Å². The van der Waals surface area contributed by atoms with E-state index in [0.29, 0.717) is 18.1 Å². The van der Waals surface area contributed by atoms with Crippen molar-refractivity contribution in [1.29, 1.82) is 0 Å². The zero-order valence-corrected chi connectivity index (χ0v) is 14.6. The molecule has 0 radical (unpaired) electrons. The molecule has 0 aliphatic carbocycles. The summed E-state index contributed by atoms with van der Waals surface area (Å²) in [4.78, 5) is 37.3. The molecule has 0 spiro atoms. The molecule has 0 saturated carbocycles. The van der Waals surface area contributed by atoms with Gasteiger partial charge in [-0.3, -0.25) is 9.59 Å². The first-order valence-electron chi connectivity index (χ1n) is 8.82. The van der Waals surface area contributed by atoms with Crippen LogP contribution in [-0.4, -0.2) is 40.0 Å². The number of carbonyl (C=O) groups excluding carboxylic acids is 1. The van der Waals surface area contributed by atoms with Gasteiger partial charge in [0.05, 0.1) is 5.69 Å². The first-order chi connectivity index (χ1) is 13.2. The van der Waals surface area contributed by atoms with Gasteiger partial charge < -0.3 is 15.2 Å². The van der Waals surface area contributed by atoms with Crippen molar-refractivity contribution in [2.45, 2.75) is 12.5 Å². The number of rotatable bonds is 4. The van der Waals surface area contributed by atoms with Gasteiger partial charge in [-0.05, 0) is 18.6 Å². The van der Waals surface area contributed by atoms with Gasteiger partial charge in [0.25, 0.3) is 5.91 Å². The topological polar surface area (TPSA) is 91.0 Å². The van der Waals surface area contributed by atoms with Crippen LogP contribution >= 0.6 is 0 Å². The van der Waals surface area contributed by atoms with Gasteiger partial charge in [-0.25, -0.2) is 9.97 Å². The van der Waals surface area contributed by atoms with Gasteiger partial charge in [0.2, 0.25) is 11.5 Å². The molecule has 1 amide bonds. The molecular weight excluding hydrogens is 342 g/mol. The highest BCUT2D eigenvalue weighted by atomic mass is 16.2. The number of pyridine rings is 1. The molecule has 1 saturated heterocycles. The smallest absolute Gasteiger partial charge is 0.251 e. The van der Waals surface area contributed by atoms with Crippen molar-refractivity contribution < 1.29 is 4.79 Å². The molecule has 3 heterocycles. The number of hydrogen-bond acceptors (Lipinski definition) is 5. The highest BCUT2D eigenvalue weighted by molar-refractivity contribution is 5.94. The van der Waals surface area contributed by atoms with Crippen LogP contribution in [0.3, 0.4) is 0 Å². The Morgan fingerprint density at radius 1 is 1.19 bits per heavy atom. The van der Waals surface area contributed by atoms with E-state index < -0.39 is 0 Å². The number of H-pyrrole nitrogens is 1. The molecule has 7 nitrogen and oxygen atoms in total. The fourth-order valence-electron chi connectivity index (χ4n) is 3.18. The molecule has 27 heavy (non-hydrogen) atoms. The van der Waals surface area contributed by atoms with E-state index in [1.807, 2.05) is 36.4 Å². The van der Waals surface area contributed by atoms with E-state index in [1.165, 1.54) is 12.3 Å². The first-order valence-corrected chi connectivity index (χ1v) is 8.82. The van der Waals surface area contributed by atoms with Crippen molar-refractivity contribution in [1.82, 2.24) is 20.3 Å². The Bertz CT molecular complexity index is 1000. The summed E-state index contributed by atoms with van der Waals surface area (Å²) in [6.07, 6.45) is 4.03. The Hall–Kier alpha value is -3.48. The third-order valence-corrected chi connectivity index (χ3v) is 4.56. The summed E-state index contributed by atoms with van der Waals surface area (Å²) in [5.74, 6) is 0.413. The van der Waals surface area contributed by atoms with Crippen LogP contribution in [0.1, 0.15) is 16.8 Å². The average Bonchev–Trinajstić information content (AvgIpc) is 3.17. The SMILES string of the molecule is O=C(NC1CCN(c2nccc(-c3ccccc3)n2)C1)c1cc[nH]c(=O)c1. The second kappa shape index (κ2) is 7.41. The number of amides is 1. The highest BCUT2D eigenvalue weighted by Crippen LogP contribution is 2.21. The van der Waals surface area contributed by atoms with E-state index in [9.17, 15) is 9.59 Å². The summed E-state index contributed by atoms with van der Waals surface area (Å²) in [5.41, 5.74) is 1.98. The largest absolute Gasteiger partial charge is 0.347 e. The van der Waals surface area contributed by atoms with Gasteiger partial charge in [-0.15, -0.1) is 0 Å². The van der Waals surface area contributed by atoms with Gasteiger partial charge in [-0.1, -0.05) is 30.3 Å². The second-order valence-corrected chi connectivity index (χ2v) is 6.45. The molecule has 1 unspecified atom stereocenters. The molecule has 1 fully saturated rings. The number of carbonyl (C=O) groups is 1. The minimum atomic E-state index is -0.290. The Labute approximate surface area is 156 Å². The standard InChI is InChI=1S/C20H19N5O2/c26-18-12-15(6-9-21-18)19(27)23-16-8-11-25(13-16)20-22-10-7-17(24-20)14-4-2-1-3-5-14/h1-7,9-10,12,16H,8,11,13H2,(H,21,26)(H,23,27). The predicted octanol–water partition coefficient (Wildman–Crippen LogP) is 1.84. The molecule has 7 heteroatoms. The summed E-state index contributed by atoms with van der Waals surface area (Å²) in [6.45, 7) is 1.39. The normalized spacial score (nSPS) is 16.3. The maximum Gasteiger partial charge on any atom is 0.251 e. The lowest BCUT2D eigenvalue weighted by Gasteiger charge is -2.17. The lowest BCUT2D eigenvalue weighted by molar-refractivity contribution is 0.0940.